The molecule has 1 aliphatic heterocycles. The van der Waals surface area contributed by atoms with Crippen LogP contribution in [0.2, 0.25) is 0 Å². The maximum atomic E-state index is 14.0. The van der Waals surface area contributed by atoms with Crippen molar-refractivity contribution in [2.24, 2.45) is 0 Å². The number of amides is 2. The fraction of sp³-hybridized carbons (Fsp3) is 0.361. The lowest BCUT2D eigenvalue weighted by atomic mass is 9.86. The van der Waals surface area contributed by atoms with Crippen molar-refractivity contribution in [3.63, 3.8) is 0 Å². The van der Waals surface area contributed by atoms with Crippen LogP contribution < -0.4 is 5.43 Å². The summed E-state index contributed by atoms with van der Waals surface area (Å²) >= 11 is 0. The second kappa shape index (κ2) is 13.0. The predicted molar refractivity (Wildman–Crippen MR) is 168 cm³/mol. The SMILES string of the molecule is Cc1ccc2occ(CN(Cc3ccccc3)C(=O)CN(CC3CCCO3)C(=O)c3ccc(C(C)(C)C)cc3)c(=O)c2c1. The number of hydrogen-bond acceptors (Lipinski definition) is 5. The first-order valence-electron chi connectivity index (χ1n) is 14.9. The first-order valence-corrected chi connectivity index (χ1v) is 14.9. The van der Waals surface area contributed by atoms with E-state index in [-0.39, 0.29) is 48.4 Å². The van der Waals surface area contributed by atoms with Gasteiger partial charge in [-0.2, -0.15) is 0 Å². The van der Waals surface area contributed by atoms with E-state index in [0.717, 1.165) is 29.5 Å². The summed E-state index contributed by atoms with van der Waals surface area (Å²) in [7, 11) is 0. The maximum absolute atomic E-state index is 14.0. The second-order valence-corrected chi connectivity index (χ2v) is 12.5. The summed E-state index contributed by atoms with van der Waals surface area (Å²) in [6.45, 7) is 9.49. The fourth-order valence-electron chi connectivity index (χ4n) is 5.45. The zero-order chi connectivity index (χ0) is 30.6. The van der Waals surface area contributed by atoms with E-state index in [1.165, 1.54) is 6.26 Å². The largest absolute Gasteiger partial charge is 0.464 e. The summed E-state index contributed by atoms with van der Waals surface area (Å²) in [4.78, 5) is 44.6. The molecule has 43 heavy (non-hydrogen) atoms. The number of hydrogen-bond donors (Lipinski definition) is 0. The minimum atomic E-state index is -0.259. The number of aryl methyl sites for hydroxylation is 1. The Bertz CT molecular complexity index is 1630. The van der Waals surface area contributed by atoms with Crippen molar-refractivity contribution in [3.05, 3.63) is 117 Å². The summed E-state index contributed by atoms with van der Waals surface area (Å²) < 4.78 is 11.7. The maximum Gasteiger partial charge on any atom is 0.254 e. The fourth-order valence-corrected chi connectivity index (χ4v) is 5.45. The van der Waals surface area contributed by atoms with Crippen LogP contribution in [0, 0.1) is 6.92 Å². The molecule has 7 heteroatoms. The number of carbonyl (C=O) groups excluding carboxylic acids is 2. The third-order valence-corrected chi connectivity index (χ3v) is 7.99. The summed E-state index contributed by atoms with van der Waals surface area (Å²) in [6, 6.07) is 22.7. The molecular formula is C36H40N2O5. The van der Waals surface area contributed by atoms with E-state index in [0.29, 0.717) is 35.2 Å². The van der Waals surface area contributed by atoms with E-state index in [1.54, 1.807) is 21.9 Å². The van der Waals surface area contributed by atoms with Crippen LogP contribution in [0.4, 0.5) is 0 Å². The van der Waals surface area contributed by atoms with Crippen molar-refractivity contribution in [3.8, 4) is 0 Å². The van der Waals surface area contributed by atoms with Crippen LogP contribution in [0.15, 0.2) is 88.3 Å². The van der Waals surface area contributed by atoms with Gasteiger partial charge in [-0.05, 0) is 60.6 Å². The van der Waals surface area contributed by atoms with Crippen molar-refractivity contribution < 1.29 is 18.7 Å². The Morgan fingerprint density at radius 1 is 0.930 bits per heavy atom. The molecule has 0 spiro atoms. The highest BCUT2D eigenvalue weighted by Crippen LogP contribution is 2.23. The molecule has 1 fully saturated rings. The quantitative estimate of drug-likeness (QED) is 0.234. The standard InChI is InChI=1S/C36H40N2O5/c1-25-12-17-32-31(19-25)34(40)28(24-43-32)21-37(20-26-9-6-5-7-10-26)33(39)23-38(22-30-11-8-18-42-30)35(41)27-13-15-29(16-14-27)36(2,3)4/h5-7,9-10,12-17,19,24,30H,8,11,18,20-23H2,1-4H3. The Morgan fingerprint density at radius 2 is 1.67 bits per heavy atom. The lowest BCUT2D eigenvalue weighted by Crippen LogP contribution is -2.45. The van der Waals surface area contributed by atoms with Gasteiger partial charge in [0.25, 0.3) is 5.91 Å². The van der Waals surface area contributed by atoms with Crippen molar-refractivity contribution in [2.75, 3.05) is 19.7 Å². The minimum absolute atomic E-state index is 0.0407. The van der Waals surface area contributed by atoms with Crippen LogP contribution in [0.25, 0.3) is 11.0 Å². The van der Waals surface area contributed by atoms with E-state index in [2.05, 4.69) is 20.8 Å². The number of nitrogens with zero attached hydrogens (tertiary/aromatic N) is 2. The average Bonchev–Trinajstić information content (AvgIpc) is 3.51. The van der Waals surface area contributed by atoms with Gasteiger partial charge in [-0.25, -0.2) is 0 Å². The van der Waals surface area contributed by atoms with Crippen molar-refractivity contribution in [2.45, 2.75) is 65.1 Å². The molecule has 224 valence electrons. The highest BCUT2D eigenvalue weighted by molar-refractivity contribution is 5.96. The molecule has 5 rings (SSSR count). The van der Waals surface area contributed by atoms with Gasteiger partial charge < -0.3 is 19.0 Å². The third-order valence-electron chi connectivity index (χ3n) is 7.99. The molecule has 1 unspecified atom stereocenters. The molecule has 0 N–H and O–H groups in total. The number of carbonyl (C=O) groups is 2. The van der Waals surface area contributed by atoms with Gasteiger partial charge in [0.05, 0.1) is 29.9 Å². The summed E-state index contributed by atoms with van der Waals surface area (Å²) in [6.07, 6.45) is 3.09. The summed E-state index contributed by atoms with van der Waals surface area (Å²) in [5.74, 6) is -0.477. The monoisotopic (exact) mass is 580 g/mol. The first kappa shape index (κ1) is 30.2. The Morgan fingerprint density at radius 3 is 2.35 bits per heavy atom. The molecule has 2 heterocycles. The van der Waals surface area contributed by atoms with Crippen molar-refractivity contribution >= 4 is 22.8 Å². The predicted octanol–water partition coefficient (Wildman–Crippen LogP) is 6.25. The van der Waals surface area contributed by atoms with Gasteiger partial charge >= 0.3 is 0 Å². The molecule has 1 atom stereocenters. The molecule has 0 radical (unpaired) electrons. The number of rotatable bonds is 9. The molecule has 0 saturated carbocycles. The van der Waals surface area contributed by atoms with Crippen molar-refractivity contribution in [1.29, 1.82) is 0 Å². The summed E-state index contributed by atoms with van der Waals surface area (Å²) in [5.41, 5.74) is 4.22. The third kappa shape index (κ3) is 7.41. The Labute approximate surface area is 253 Å². The van der Waals surface area contributed by atoms with Gasteiger partial charge in [-0.15, -0.1) is 0 Å². The number of fused-ring (bicyclic) bond motifs is 1. The van der Waals surface area contributed by atoms with E-state index < -0.39 is 0 Å². The zero-order valence-electron chi connectivity index (χ0n) is 25.5. The van der Waals surface area contributed by atoms with E-state index in [4.69, 9.17) is 9.15 Å². The smallest absolute Gasteiger partial charge is 0.254 e. The van der Waals surface area contributed by atoms with Gasteiger partial charge in [-0.1, -0.05) is 74.9 Å². The minimum Gasteiger partial charge on any atom is -0.464 e. The second-order valence-electron chi connectivity index (χ2n) is 12.5. The molecule has 0 bridgehead atoms. The van der Waals surface area contributed by atoms with Crippen molar-refractivity contribution in [1.82, 2.24) is 9.80 Å². The van der Waals surface area contributed by atoms with Crippen LogP contribution in [0.5, 0.6) is 0 Å². The number of ether oxygens (including phenoxy) is 1. The summed E-state index contributed by atoms with van der Waals surface area (Å²) in [5, 5.41) is 0.485. The highest BCUT2D eigenvalue weighted by Gasteiger charge is 2.28. The molecule has 7 nitrogen and oxygen atoms in total. The van der Waals surface area contributed by atoms with Gasteiger partial charge in [0.15, 0.2) is 5.43 Å². The van der Waals surface area contributed by atoms with Gasteiger partial charge in [0, 0.05) is 25.3 Å². The lowest BCUT2D eigenvalue weighted by Gasteiger charge is -2.29. The molecule has 1 aromatic heterocycles. The van der Waals surface area contributed by atoms with Crippen LogP contribution in [-0.4, -0.2) is 47.4 Å². The zero-order valence-corrected chi connectivity index (χ0v) is 25.5. The lowest BCUT2D eigenvalue weighted by molar-refractivity contribution is -0.133. The Hall–Kier alpha value is -4.23. The van der Waals surface area contributed by atoms with Gasteiger partial charge in [0.2, 0.25) is 5.91 Å². The van der Waals surface area contributed by atoms with Gasteiger partial charge in [-0.3, -0.25) is 14.4 Å². The van der Waals surface area contributed by atoms with E-state index in [1.807, 2.05) is 67.6 Å². The molecule has 4 aromatic rings. The number of benzene rings is 3. The average molecular weight is 581 g/mol. The molecule has 1 saturated heterocycles. The normalized spacial score (nSPS) is 15.0. The molecule has 2 amide bonds. The topological polar surface area (TPSA) is 80.1 Å². The Kier molecular flexibility index (Phi) is 9.11. The van der Waals surface area contributed by atoms with Crippen LogP contribution in [-0.2, 0) is 28.0 Å². The molecule has 0 aliphatic carbocycles. The van der Waals surface area contributed by atoms with Crippen LogP contribution in [0.3, 0.4) is 0 Å². The Balaban J connectivity index is 1.43. The molecule has 3 aromatic carbocycles. The molecular weight excluding hydrogens is 540 g/mol. The first-order chi connectivity index (χ1) is 20.6. The van der Waals surface area contributed by atoms with Crippen LogP contribution in [0.1, 0.15) is 66.2 Å². The van der Waals surface area contributed by atoms with E-state index in [9.17, 15) is 14.4 Å². The van der Waals surface area contributed by atoms with Gasteiger partial charge in [0.1, 0.15) is 12.1 Å². The van der Waals surface area contributed by atoms with E-state index >= 15 is 0 Å². The highest BCUT2D eigenvalue weighted by atomic mass is 16.5. The van der Waals surface area contributed by atoms with Crippen LogP contribution >= 0.6 is 0 Å². The molecule has 1 aliphatic rings.